The van der Waals surface area contributed by atoms with Crippen molar-refractivity contribution in [1.82, 2.24) is 0 Å². The van der Waals surface area contributed by atoms with Gasteiger partial charge in [-0.15, -0.1) is 0 Å². The Labute approximate surface area is 78.3 Å². The van der Waals surface area contributed by atoms with Gasteiger partial charge in [0.15, 0.2) is 0 Å². The number of aryl methyl sites for hydroxylation is 1. The summed E-state index contributed by atoms with van der Waals surface area (Å²) in [4.78, 5) is 0. The molecule has 1 rings (SSSR count). The Balaban J connectivity index is 0.000000226. The zero-order chi connectivity index (χ0) is 10.1. The Bertz CT molecular complexity index is 195. The van der Waals surface area contributed by atoms with Crippen LogP contribution in [0.15, 0.2) is 30.3 Å². The van der Waals surface area contributed by atoms with E-state index in [1.54, 1.807) is 0 Å². The van der Waals surface area contributed by atoms with E-state index in [0.717, 1.165) is 0 Å². The number of rotatable bonds is 2. The van der Waals surface area contributed by atoms with E-state index in [0.29, 0.717) is 0 Å². The van der Waals surface area contributed by atoms with E-state index >= 15 is 0 Å². The van der Waals surface area contributed by atoms with Crippen LogP contribution in [-0.4, -0.2) is 34.6 Å². The molecule has 3 heteroatoms. The summed E-state index contributed by atoms with van der Waals surface area (Å²) in [6.45, 7) is 1.35. The minimum Gasteiger partial charge on any atom is -0.394 e. The molecule has 0 heterocycles. The van der Waals surface area contributed by atoms with Crippen molar-refractivity contribution in [2.45, 2.75) is 13.0 Å². The zero-order valence-electron chi connectivity index (χ0n) is 7.72. The summed E-state index contributed by atoms with van der Waals surface area (Å²) in [5, 5.41) is 24.0. The molecular formula is C10H16O3. The molecule has 74 valence electrons. The highest BCUT2D eigenvalue weighted by Crippen LogP contribution is 1.92. The fourth-order valence-corrected chi connectivity index (χ4v) is 0.592. The van der Waals surface area contributed by atoms with Crippen LogP contribution in [0.1, 0.15) is 5.56 Å². The minimum atomic E-state index is -0.954. The fourth-order valence-electron chi connectivity index (χ4n) is 0.592. The van der Waals surface area contributed by atoms with E-state index in [2.05, 4.69) is 19.1 Å². The van der Waals surface area contributed by atoms with Gasteiger partial charge >= 0.3 is 0 Å². The van der Waals surface area contributed by atoms with Gasteiger partial charge in [-0.05, 0) is 6.92 Å². The molecule has 13 heavy (non-hydrogen) atoms. The van der Waals surface area contributed by atoms with Gasteiger partial charge in [0, 0.05) is 0 Å². The number of benzene rings is 1. The first-order valence-corrected chi connectivity index (χ1v) is 4.12. The highest BCUT2D eigenvalue weighted by atomic mass is 16.3. The number of hydrogen-bond acceptors (Lipinski definition) is 3. The normalized spacial score (nSPS) is 9.31. The lowest BCUT2D eigenvalue weighted by Gasteiger charge is -1.96. The van der Waals surface area contributed by atoms with Crippen molar-refractivity contribution in [3.63, 3.8) is 0 Å². The summed E-state index contributed by atoms with van der Waals surface area (Å²) >= 11 is 0. The van der Waals surface area contributed by atoms with Crippen LogP contribution in [0.5, 0.6) is 0 Å². The van der Waals surface area contributed by atoms with E-state index < -0.39 is 6.10 Å². The van der Waals surface area contributed by atoms with Gasteiger partial charge in [-0.2, -0.15) is 0 Å². The third-order valence-corrected chi connectivity index (χ3v) is 1.36. The molecule has 0 saturated heterocycles. The maximum atomic E-state index is 8.17. The molecule has 0 spiro atoms. The highest BCUT2D eigenvalue weighted by molar-refractivity contribution is 5.11. The van der Waals surface area contributed by atoms with E-state index in [9.17, 15) is 0 Å². The summed E-state index contributed by atoms with van der Waals surface area (Å²) in [6.07, 6.45) is -0.954. The van der Waals surface area contributed by atoms with Gasteiger partial charge in [-0.1, -0.05) is 35.9 Å². The molecule has 1 aromatic carbocycles. The SMILES string of the molecule is Cc1ccccc1.OCC(O)CO. The van der Waals surface area contributed by atoms with Crippen LogP contribution in [0, 0.1) is 6.92 Å². The predicted octanol–water partition coefficient (Wildman–Crippen LogP) is 0.327. The Morgan fingerprint density at radius 1 is 1.08 bits per heavy atom. The molecule has 0 radical (unpaired) electrons. The van der Waals surface area contributed by atoms with Crippen LogP contribution < -0.4 is 0 Å². The Morgan fingerprint density at radius 3 is 1.69 bits per heavy atom. The molecule has 3 N–H and O–H groups in total. The van der Waals surface area contributed by atoms with Crippen molar-refractivity contribution in [3.05, 3.63) is 35.9 Å². The maximum Gasteiger partial charge on any atom is 0.100 e. The van der Waals surface area contributed by atoms with Gasteiger partial charge in [0.05, 0.1) is 13.2 Å². The topological polar surface area (TPSA) is 60.7 Å². The summed E-state index contributed by atoms with van der Waals surface area (Å²) in [6, 6.07) is 10.3. The molecule has 0 fully saturated rings. The summed E-state index contributed by atoms with van der Waals surface area (Å²) in [5.74, 6) is 0. The third-order valence-electron chi connectivity index (χ3n) is 1.36. The average Bonchev–Trinajstić information content (AvgIpc) is 2.19. The van der Waals surface area contributed by atoms with Crippen LogP contribution in [-0.2, 0) is 0 Å². The number of aliphatic hydroxyl groups excluding tert-OH is 3. The van der Waals surface area contributed by atoms with Crippen molar-refractivity contribution < 1.29 is 15.3 Å². The van der Waals surface area contributed by atoms with E-state index in [4.69, 9.17) is 15.3 Å². The standard InChI is InChI=1S/C7H8.C3H8O3/c1-7-5-3-2-4-6-7;4-1-3(6)2-5/h2-6H,1H3;3-6H,1-2H2. The molecule has 0 bridgehead atoms. The van der Waals surface area contributed by atoms with Gasteiger partial charge < -0.3 is 15.3 Å². The molecule has 0 aliphatic carbocycles. The Hall–Kier alpha value is -0.900. The third kappa shape index (κ3) is 7.46. The first-order chi connectivity index (χ1) is 6.20. The Kier molecular flexibility index (Phi) is 7.20. The largest absolute Gasteiger partial charge is 0.394 e. The fraction of sp³-hybridized carbons (Fsp3) is 0.400. The summed E-state index contributed by atoms with van der Waals surface area (Å²) < 4.78 is 0. The van der Waals surface area contributed by atoms with Gasteiger partial charge in [0.1, 0.15) is 6.10 Å². The maximum absolute atomic E-state index is 8.17. The highest BCUT2D eigenvalue weighted by Gasteiger charge is 1.93. The molecule has 0 aliphatic rings. The van der Waals surface area contributed by atoms with E-state index in [1.807, 2.05) is 18.2 Å². The molecule has 0 saturated carbocycles. The quantitative estimate of drug-likeness (QED) is 0.620. The van der Waals surface area contributed by atoms with E-state index in [1.165, 1.54) is 5.56 Å². The summed E-state index contributed by atoms with van der Waals surface area (Å²) in [5.41, 5.74) is 1.32. The van der Waals surface area contributed by atoms with Crippen molar-refractivity contribution in [3.8, 4) is 0 Å². The second-order valence-electron chi connectivity index (χ2n) is 2.67. The van der Waals surface area contributed by atoms with Crippen LogP contribution in [0.2, 0.25) is 0 Å². The van der Waals surface area contributed by atoms with Crippen LogP contribution in [0.4, 0.5) is 0 Å². The second kappa shape index (κ2) is 7.73. The monoisotopic (exact) mass is 184 g/mol. The molecule has 0 aromatic heterocycles. The first kappa shape index (κ1) is 12.1. The van der Waals surface area contributed by atoms with E-state index in [-0.39, 0.29) is 13.2 Å². The smallest absolute Gasteiger partial charge is 0.100 e. The molecular weight excluding hydrogens is 168 g/mol. The average molecular weight is 184 g/mol. The zero-order valence-corrected chi connectivity index (χ0v) is 7.72. The van der Waals surface area contributed by atoms with Crippen molar-refractivity contribution >= 4 is 0 Å². The molecule has 1 aromatic rings. The molecule has 3 nitrogen and oxygen atoms in total. The molecule has 0 amide bonds. The van der Waals surface area contributed by atoms with Crippen LogP contribution in [0.25, 0.3) is 0 Å². The van der Waals surface area contributed by atoms with Gasteiger partial charge in [0.25, 0.3) is 0 Å². The lowest BCUT2D eigenvalue weighted by Crippen LogP contribution is -2.15. The van der Waals surface area contributed by atoms with Gasteiger partial charge in [0.2, 0.25) is 0 Å². The van der Waals surface area contributed by atoms with Crippen molar-refractivity contribution in [2.75, 3.05) is 13.2 Å². The number of hydrogen-bond donors (Lipinski definition) is 3. The Morgan fingerprint density at radius 2 is 1.54 bits per heavy atom. The molecule has 0 aliphatic heterocycles. The summed E-state index contributed by atoms with van der Waals surface area (Å²) in [7, 11) is 0. The predicted molar refractivity (Wildman–Crippen MR) is 51.4 cm³/mol. The van der Waals surface area contributed by atoms with Crippen LogP contribution in [0.3, 0.4) is 0 Å². The van der Waals surface area contributed by atoms with Gasteiger partial charge in [-0.3, -0.25) is 0 Å². The van der Waals surface area contributed by atoms with Gasteiger partial charge in [-0.25, -0.2) is 0 Å². The lowest BCUT2D eigenvalue weighted by molar-refractivity contribution is 0.0450. The minimum absolute atomic E-state index is 0.365. The second-order valence-corrected chi connectivity index (χ2v) is 2.67. The molecule has 0 atom stereocenters. The molecule has 0 unspecified atom stereocenters. The van der Waals surface area contributed by atoms with Crippen LogP contribution >= 0.6 is 0 Å². The lowest BCUT2D eigenvalue weighted by atomic mass is 10.2. The number of aliphatic hydroxyl groups is 3. The van der Waals surface area contributed by atoms with Crippen molar-refractivity contribution in [1.29, 1.82) is 0 Å². The first-order valence-electron chi connectivity index (χ1n) is 4.12. The van der Waals surface area contributed by atoms with Crippen molar-refractivity contribution in [2.24, 2.45) is 0 Å².